The maximum atomic E-state index is 4.98. The van der Waals surface area contributed by atoms with Gasteiger partial charge in [0.05, 0.1) is 11.0 Å². The molecule has 5 rings (SSSR count). The van der Waals surface area contributed by atoms with Crippen molar-refractivity contribution in [2.45, 2.75) is 20.3 Å². The molecule has 3 heteroatoms. The van der Waals surface area contributed by atoms with Crippen LogP contribution in [0, 0.1) is 5.92 Å². The Hall–Kier alpha value is -4.34. The van der Waals surface area contributed by atoms with Gasteiger partial charge in [0.25, 0.3) is 0 Å². The number of hydrogen-bond donors (Lipinski definition) is 1. The van der Waals surface area contributed by atoms with Crippen LogP contribution in [-0.2, 0) is 0 Å². The highest BCUT2D eigenvalue weighted by Crippen LogP contribution is 2.29. The second-order valence-electron chi connectivity index (χ2n) is 10.0. The van der Waals surface area contributed by atoms with Gasteiger partial charge in [-0.3, -0.25) is 4.57 Å². The summed E-state index contributed by atoms with van der Waals surface area (Å²) in [6.45, 7) is 8.25. The van der Waals surface area contributed by atoms with Crippen molar-refractivity contribution in [2.75, 3.05) is 0 Å². The first-order chi connectivity index (χ1) is 19.5. The molecule has 1 atom stereocenters. The standard InChI is InChI=1S/C37H34N2S/c1-4-10-30(28(3)17-26-36(40)31-21-15-27(2)16-22-31)23-18-29-19-24-32(25-20-29)37-38-34-13-8-9-14-35(34)39(37)33-11-6-5-7-12-33/h4-15,17-27,40H,1,16H2,2-3H3/b23-18-,28-17+,30-10+,36-26-. The minimum absolute atomic E-state index is 0.591. The van der Waals surface area contributed by atoms with Gasteiger partial charge in [0, 0.05) is 16.2 Å². The fourth-order valence-electron chi connectivity index (χ4n) is 4.75. The predicted octanol–water partition coefficient (Wildman–Crippen LogP) is 10.1. The Morgan fingerprint density at radius 2 is 1.70 bits per heavy atom. The second-order valence-corrected chi connectivity index (χ2v) is 10.5. The molecule has 198 valence electrons. The third-order valence-corrected chi connectivity index (χ3v) is 7.46. The summed E-state index contributed by atoms with van der Waals surface area (Å²) < 4.78 is 2.22. The SMILES string of the molecule is C=C/C=C(\C=C/c1ccc(-c2nc3ccccc3n2-c2ccccc2)cc1)C(/C)=C/C=C(\S)C1=CCC(C)C=C1. The number of thiol groups is 1. The van der Waals surface area contributed by atoms with Crippen LogP contribution in [0.1, 0.15) is 25.8 Å². The van der Waals surface area contributed by atoms with Crippen molar-refractivity contribution in [3.8, 4) is 17.1 Å². The summed E-state index contributed by atoms with van der Waals surface area (Å²) in [5, 5.41) is 0. The number of fused-ring (bicyclic) bond motifs is 1. The molecule has 3 aromatic carbocycles. The van der Waals surface area contributed by atoms with Crippen molar-refractivity contribution < 1.29 is 0 Å². The molecule has 1 aliphatic carbocycles. The van der Waals surface area contributed by atoms with Crippen molar-refractivity contribution >= 4 is 29.7 Å². The number of rotatable bonds is 8. The number of allylic oxidation sites excluding steroid dienone is 11. The van der Waals surface area contributed by atoms with Crippen LogP contribution < -0.4 is 0 Å². The molecule has 0 radical (unpaired) electrons. The van der Waals surface area contributed by atoms with E-state index in [-0.39, 0.29) is 0 Å². The quantitative estimate of drug-likeness (QED) is 0.174. The summed E-state index contributed by atoms with van der Waals surface area (Å²) in [5.41, 5.74) is 8.78. The average molecular weight is 539 g/mol. The van der Waals surface area contributed by atoms with Gasteiger partial charge < -0.3 is 0 Å². The van der Waals surface area contributed by atoms with Gasteiger partial charge >= 0.3 is 0 Å². The zero-order chi connectivity index (χ0) is 27.9. The number of para-hydroxylation sites is 3. The summed E-state index contributed by atoms with van der Waals surface area (Å²) >= 11 is 4.73. The maximum Gasteiger partial charge on any atom is 0.145 e. The van der Waals surface area contributed by atoms with Crippen molar-refractivity contribution in [3.63, 3.8) is 0 Å². The number of nitrogens with zero attached hydrogens (tertiary/aromatic N) is 2. The third-order valence-electron chi connectivity index (χ3n) is 7.05. The molecule has 2 nitrogen and oxygen atoms in total. The molecule has 4 aromatic rings. The van der Waals surface area contributed by atoms with Gasteiger partial charge in [-0.05, 0) is 71.9 Å². The Morgan fingerprint density at radius 3 is 2.42 bits per heavy atom. The van der Waals surface area contributed by atoms with Gasteiger partial charge in [0.2, 0.25) is 0 Å². The Balaban J connectivity index is 1.38. The lowest BCUT2D eigenvalue weighted by molar-refractivity contribution is 0.733. The largest absolute Gasteiger partial charge is 0.292 e. The minimum Gasteiger partial charge on any atom is -0.292 e. The van der Waals surface area contributed by atoms with Gasteiger partial charge in [0.1, 0.15) is 5.82 Å². The summed E-state index contributed by atoms with van der Waals surface area (Å²) in [5.74, 6) is 1.52. The Labute approximate surface area is 243 Å². The van der Waals surface area contributed by atoms with Crippen molar-refractivity contribution in [2.24, 2.45) is 5.92 Å². The molecule has 0 N–H and O–H groups in total. The first-order valence-corrected chi connectivity index (χ1v) is 14.1. The number of benzene rings is 3. The molecule has 0 bridgehead atoms. The lowest BCUT2D eigenvalue weighted by Gasteiger charge is -2.11. The molecular weight excluding hydrogens is 504 g/mol. The number of hydrogen-bond acceptors (Lipinski definition) is 2. The van der Waals surface area contributed by atoms with Crippen LogP contribution in [0.2, 0.25) is 0 Å². The van der Waals surface area contributed by atoms with Crippen LogP contribution in [0.5, 0.6) is 0 Å². The van der Waals surface area contributed by atoms with Gasteiger partial charge in [-0.15, -0.1) is 12.6 Å². The van der Waals surface area contributed by atoms with Gasteiger partial charge in [-0.2, -0.15) is 0 Å². The van der Waals surface area contributed by atoms with Crippen LogP contribution in [-0.4, -0.2) is 9.55 Å². The molecule has 0 amide bonds. The second kappa shape index (κ2) is 12.7. The van der Waals surface area contributed by atoms with E-state index in [0.717, 1.165) is 56.1 Å². The van der Waals surface area contributed by atoms with Gasteiger partial charge in [-0.1, -0.05) is 117 Å². The van der Waals surface area contributed by atoms with E-state index in [9.17, 15) is 0 Å². The van der Waals surface area contributed by atoms with E-state index in [4.69, 9.17) is 17.6 Å². The van der Waals surface area contributed by atoms with Crippen LogP contribution in [0.3, 0.4) is 0 Å². The highest BCUT2D eigenvalue weighted by atomic mass is 32.1. The Morgan fingerprint density at radius 1 is 0.950 bits per heavy atom. The summed E-state index contributed by atoms with van der Waals surface area (Å²) in [6, 6.07) is 27.2. The Kier molecular flexibility index (Phi) is 8.63. The molecule has 1 aromatic heterocycles. The highest BCUT2D eigenvalue weighted by molar-refractivity contribution is 7.84. The summed E-state index contributed by atoms with van der Waals surface area (Å²) in [4.78, 5) is 5.95. The van der Waals surface area contributed by atoms with E-state index in [1.165, 1.54) is 5.57 Å². The molecule has 0 fully saturated rings. The van der Waals surface area contributed by atoms with Crippen LogP contribution in [0.25, 0.3) is 34.2 Å². The van der Waals surface area contributed by atoms with Gasteiger partial charge in [0.15, 0.2) is 0 Å². The van der Waals surface area contributed by atoms with Crippen molar-refractivity contribution in [3.05, 3.63) is 161 Å². The van der Waals surface area contributed by atoms with E-state index in [0.29, 0.717) is 5.92 Å². The minimum atomic E-state index is 0.591. The van der Waals surface area contributed by atoms with Gasteiger partial charge in [-0.25, -0.2) is 4.98 Å². The van der Waals surface area contributed by atoms with Crippen molar-refractivity contribution in [1.82, 2.24) is 9.55 Å². The zero-order valence-electron chi connectivity index (χ0n) is 23.0. The first kappa shape index (κ1) is 27.2. The number of imidazole rings is 1. The van der Waals surface area contributed by atoms with Crippen LogP contribution >= 0.6 is 12.6 Å². The Bertz CT molecular complexity index is 1690. The lowest BCUT2D eigenvalue weighted by atomic mass is 9.98. The zero-order valence-corrected chi connectivity index (χ0v) is 23.9. The fourth-order valence-corrected chi connectivity index (χ4v) is 4.99. The fraction of sp³-hybridized carbons (Fsp3) is 0.108. The molecule has 1 unspecified atom stereocenters. The molecule has 40 heavy (non-hydrogen) atoms. The molecule has 0 saturated carbocycles. The van der Waals surface area contributed by atoms with E-state index in [2.05, 4.69) is 134 Å². The highest BCUT2D eigenvalue weighted by Gasteiger charge is 2.13. The molecule has 1 heterocycles. The number of aromatic nitrogens is 2. The smallest absolute Gasteiger partial charge is 0.145 e. The third kappa shape index (κ3) is 6.27. The normalized spacial score (nSPS) is 16.5. The van der Waals surface area contributed by atoms with Crippen LogP contribution in [0.4, 0.5) is 0 Å². The topological polar surface area (TPSA) is 17.8 Å². The van der Waals surface area contributed by atoms with Crippen molar-refractivity contribution in [1.29, 1.82) is 0 Å². The first-order valence-electron chi connectivity index (χ1n) is 13.6. The molecule has 0 aliphatic heterocycles. The lowest BCUT2D eigenvalue weighted by Crippen LogP contribution is -1.97. The van der Waals surface area contributed by atoms with E-state index in [1.807, 2.05) is 24.3 Å². The molecular formula is C37H34N2S. The monoisotopic (exact) mass is 538 g/mol. The summed E-state index contributed by atoms with van der Waals surface area (Å²) in [6.07, 6.45) is 20.0. The van der Waals surface area contributed by atoms with Crippen LogP contribution in [0.15, 0.2) is 156 Å². The van der Waals surface area contributed by atoms with E-state index in [1.54, 1.807) is 0 Å². The van der Waals surface area contributed by atoms with E-state index < -0.39 is 0 Å². The van der Waals surface area contributed by atoms with E-state index >= 15 is 0 Å². The molecule has 0 spiro atoms. The maximum absolute atomic E-state index is 4.98. The molecule has 0 saturated heterocycles. The average Bonchev–Trinajstić information content (AvgIpc) is 3.38. The molecule has 1 aliphatic rings. The predicted molar refractivity (Wildman–Crippen MR) is 176 cm³/mol. The summed E-state index contributed by atoms with van der Waals surface area (Å²) in [7, 11) is 0.